The molecule has 1 aliphatic rings. The van der Waals surface area contributed by atoms with Crippen molar-refractivity contribution in [3.8, 4) is 0 Å². The molecule has 1 aromatic heterocycles. The van der Waals surface area contributed by atoms with Crippen molar-refractivity contribution in [1.82, 2.24) is 4.98 Å². The largest absolute Gasteiger partial charge is 0.387 e. The van der Waals surface area contributed by atoms with E-state index in [2.05, 4.69) is 16.0 Å². The van der Waals surface area contributed by atoms with Crippen LogP contribution < -0.4 is 4.90 Å². The number of nitrogens with zero attached hydrogens (tertiary/aromatic N) is 2. The van der Waals surface area contributed by atoms with Crippen molar-refractivity contribution >= 4 is 5.69 Å². The van der Waals surface area contributed by atoms with Crippen molar-refractivity contribution in [2.24, 2.45) is 5.92 Å². The van der Waals surface area contributed by atoms with E-state index in [0.717, 1.165) is 31.1 Å². The lowest BCUT2D eigenvalue weighted by Gasteiger charge is -2.19. The van der Waals surface area contributed by atoms with Crippen LogP contribution in [-0.4, -0.2) is 36.9 Å². The molecule has 0 amide bonds. The number of pyridine rings is 1. The zero-order valence-corrected chi connectivity index (χ0v) is 11.2. The third-order valence-corrected chi connectivity index (χ3v) is 3.55. The van der Waals surface area contributed by atoms with E-state index >= 15 is 0 Å². The molecule has 1 aromatic rings. The highest BCUT2D eigenvalue weighted by molar-refractivity contribution is 5.45. The topological polar surface area (TPSA) is 45.6 Å². The quantitative estimate of drug-likeness (QED) is 0.868. The van der Waals surface area contributed by atoms with Crippen LogP contribution in [0, 0.1) is 5.92 Å². The lowest BCUT2D eigenvalue weighted by Crippen LogP contribution is -2.21. The molecule has 0 aromatic carbocycles. The van der Waals surface area contributed by atoms with Gasteiger partial charge in [0.1, 0.15) is 0 Å². The molecule has 0 spiro atoms. The van der Waals surface area contributed by atoms with E-state index in [1.165, 1.54) is 6.42 Å². The molecule has 0 radical (unpaired) electrons. The Balaban J connectivity index is 1.98. The molecular weight excluding hydrogens is 228 g/mol. The Labute approximate surface area is 109 Å². The van der Waals surface area contributed by atoms with E-state index in [4.69, 9.17) is 4.74 Å². The van der Waals surface area contributed by atoms with Gasteiger partial charge in [-0.15, -0.1) is 0 Å². The number of rotatable bonds is 5. The van der Waals surface area contributed by atoms with Crippen LogP contribution in [0.25, 0.3) is 0 Å². The van der Waals surface area contributed by atoms with Crippen molar-refractivity contribution in [2.45, 2.75) is 25.9 Å². The van der Waals surface area contributed by atoms with E-state index in [0.29, 0.717) is 12.3 Å². The average Bonchev–Trinajstić information content (AvgIpc) is 2.87. The smallest absolute Gasteiger partial charge is 0.0957 e. The number of ether oxygens (including phenoxy) is 1. The van der Waals surface area contributed by atoms with E-state index in [-0.39, 0.29) is 0 Å². The summed E-state index contributed by atoms with van der Waals surface area (Å²) in [5.74, 6) is 0.621. The molecule has 1 fully saturated rings. The minimum Gasteiger partial charge on any atom is -0.387 e. The molecule has 1 aliphatic heterocycles. The molecule has 2 atom stereocenters. The van der Waals surface area contributed by atoms with E-state index in [1.54, 1.807) is 7.11 Å². The van der Waals surface area contributed by atoms with Gasteiger partial charge < -0.3 is 14.7 Å². The molecule has 2 rings (SSSR count). The van der Waals surface area contributed by atoms with Crippen molar-refractivity contribution in [2.75, 3.05) is 31.7 Å². The zero-order valence-electron chi connectivity index (χ0n) is 11.2. The molecule has 18 heavy (non-hydrogen) atoms. The monoisotopic (exact) mass is 250 g/mol. The van der Waals surface area contributed by atoms with E-state index < -0.39 is 6.10 Å². The number of aromatic nitrogens is 1. The summed E-state index contributed by atoms with van der Waals surface area (Å²) >= 11 is 0. The van der Waals surface area contributed by atoms with Crippen LogP contribution in [0.5, 0.6) is 0 Å². The van der Waals surface area contributed by atoms with Gasteiger partial charge in [-0.2, -0.15) is 0 Å². The van der Waals surface area contributed by atoms with Crippen LogP contribution in [-0.2, 0) is 4.74 Å². The van der Waals surface area contributed by atoms with Crippen molar-refractivity contribution in [3.63, 3.8) is 0 Å². The van der Waals surface area contributed by atoms with Crippen molar-refractivity contribution in [1.29, 1.82) is 0 Å². The van der Waals surface area contributed by atoms with E-state index in [9.17, 15) is 5.11 Å². The Morgan fingerprint density at radius 1 is 1.56 bits per heavy atom. The maximum atomic E-state index is 9.70. The normalized spacial score (nSPS) is 21.3. The Morgan fingerprint density at radius 2 is 2.39 bits per heavy atom. The molecule has 1 N–H and O–H groups in total. The Morgan fingerprint density at radius 3 is 3.00 bits per heavy atom. The number of hydrogen-bond acceptors (Lipinski definition) is 4. The summed E-state index contributed by atoms with van der Waals surface area (Å²) in [6, 6.07) is 3.98. The van der Waals surface area contributed by atoms with Gasteiger partial charge in [0.15, 0.2) is 0 Å². The van der Waals surface area contributed by atoms with Crippen molar-refractivity contribution < 1.29 is 9.84 Å². The summed E-state index contributed by atoms with van der Waals surface area (Å²) in [6.07, 6.45) is 3.29. The first-order valence-electron chi connectivity index (χ1n) is 6.62. The number of aliphatic hydroxyl groups excluding tert-OH is 1. The van der Waals surface area contributed by atoms with Crippen LogP contribution in [0.3, 0.4) is 0 Å². The SMILES string of the molecule is CC[C@@H](O)c1ccc(N2CCC(COC)C2)cn1. The first-order valence-corrected chi connectivity index (χ1v) is 6.62. The lowest BCUT2D eigenvalue weighted by molar-refractivity contribution is 0.161. The van der Waals surface area contributed by atoms with Crippen LogP contribution >= 0.6 is 0 Å². The number of aliphatic hydroxyl groups is 1. The molecule has 100 valence electrons. The summed E-state index contributed by atoms with van der Waals surface area (Å²) in [5.41, 5.74) is 1.90. The second kappa shape index (κ2) is 6.16. The van der Waals surface area contributed by atoms with Crippen LogP contribution in [0.1, 0.15) is 31.6 Å². The fraction of sp³-hybridized carbons (Fsp3) is 0.643. The predicted molar refractivity (Wildman–Crippen MR) is 71.7 cm³/mol. The predicted octanol–water partition coefficient (Wildman–Crippen LogP) is 2.00. The highest BCUT2D eigenvalue weighted by Crippen LogP contribution is 2.24. The standard InChI is InChI=1S/C14H22N2O2/c1-3-14(17)13-5-4-12(8-15-13)16-7-6-11(9-16)10-18-2/h4-5,8,11,14,17H,3,6-7,9-10H2,1-2H3/t11?,14-/m1/s1. The molecule has 2 heterocycles. The molecule has 0 bridgehead atoms. The van der Waals surface area contributed by atoms with Gasteiger partial charge in [-0.1, -0.05) is 6.92 Å². The second-order valence-corrected chi connectivity index (χ2v) is 4.92. The van der Waals surface area contributed by atoms with Gasteiger partial charge >= 0.3 is 0 Å². The number of anilines is 1. The molecule has 1 saturated heterocycles. The summed E-state index contributed by atoms with van der Waals surface area (Å²) in [6.45, 7) is 4.88. The fourth-order valence-corrected chi connectivity index (χ4v) is 2.43. The highest BCUT2D eigenvalue weighted by atomic mass is 16.5. The summed E-state index contributed by atoms with van der Waals surface area (Å²) < 4.78 is 5.20. The summed E-state index contributed by atoms with van der Waals surface area (Å²) in [5, 5.41) is 9.70. The fourth-order valence-electron chi connectivity index (χ4n) is 2.43. The Bertz CT molecular complexity index is 367. The van der Waals surface area contributed by atoms with Gasteiger partial charge in [-0.3, -0.25) is 4.98 Å². The highest BCUT2D eigenvalue weighted by Gasteiger charge is 2.22. The average molecular weight is 250 g/mol. The third-order valence-electron chi connectivity index (χ3n) is 3.55. The molecule has 4 heteroatoms. The van der Waals surface area contributed by atoms with Crippen molar-refractivity contribution in [3.05, 3.63) is 24.0 Å². The van der Waals surface area contributed by atoms with Gasteiger partial charge in [0, 0.05) is 26.1 Å². The minimum atomic E-state index is -0.445. The maximum Gasteiger partial charge on any atom is 0.0957 e. The van der Waals surface area contributed by atoms with Gasteiger partial charge in [0.25, 0.3) is 0 Å². The van der Waals surface area contributed by atoms with Crippen LogP contribution in [0.15, 0.2) is 18.3 Å². The molecule has 0 aliphatic carbocycles. The first kappa shape index (κ1) is 13.3. The lowest BCUT2D eigenvalue weighted by atomic mass is 10.1. The molecule has 0 saturated carbocycles. The first-order chi connectivity index (χ1) is 8.74. The van der Waals surface area contributed by atoms with Crippen LogP contribution in [0.4, 0.5) is 5.69 Å². The number of hydrogen-bond donors (Lipinski definition) is 1. The van der Waals surface area contributed by atoms with Gasteiger partial charge in [0.2, 0.25) is 0 Å². The Hall–Kier alpha value is -1.13. The minimum absolute atomic E-state index is 0.445. The van der Waals surface area contributed by atoms with E-state index in [1.807, 2.05) is 19.2 Å². The summed E-state index contributed by atoms with van der Waals surface area (Å²) in [7, 11) is 1.76. The number of methoxy groups -OCH3 is 1. The molecule has 4 nitrogen and oxygen atoms in total. The molecule has 1 unspecified atom stereocenters. The van der Waals surface area contributed by atoms with Gasteiger partial charge in [-0.05, 0) is 25.0 Å². The zero-order chi connectivity index (χ0) is 13.0. The maximum absolute atomic E-state index is 9.70. The van der Waals surface area contributed by atoms with Gasteiger partial charge in [-0.25, -0.2) is 0 Å². The Kier molecular flexibility index (Phi) is 4.55. The summed E-state index contributed by atoms with van der Waals surface area (Å²) in [4.78, 5) is 6.67. The second-order valence-electron chi connectivity index (χ2n) is 4.92. The van der Waals surface area contributed by atoms with Crippen LogP contribution in [0.2, 0.25) is 0 Å². The molecular formula is C14H22N2O2. The third kappa shape index (κ3) is 3.00. The van der Waals surface area contributed by atoms with Gasteiger partial charge in [0.05, 0.1) is 30.3 Å².